The number of para-hydroxylation sites is 1. The van der Waals surface area contributed by atoms with Gasteiger partial charge in [0, 0.05) is 44.7 Å². The minimum atomic E-state index is -0.994. The van der Waals surface area contributed by atoms with Crippen LogP contribution in [-0.2, 0) is 20.8 Å². The van der Waals surface area contributed by atoms with Crippen LogP contribution in [0.15, 0.2) is 42.5 Å². The molecule has 0 radical (unpaired) electrons. The van der Waals surface area contributed by atoms with E-state index in [1.165, 1.54) is 7.11 Å². The van der Waals surface area contributed by atoms with Gasteiger partial charge in [-0.25, -0.2) is 4.79 Å². The molecule has 2 aromatic carbocycles. The Morgan fingerprint density at radius 1 is 0.865 bits per heavy atom. The highest BCUT2D eigenvalue weighted by molar-refractivity contribution is 6.01. The summed E-state index contributed by atoms with van der Waals surface area (Å²) in [7, 11) is 1.52. The largest absolute Gasteiger partial charge is 0.495 e. The first-order valence-electron chi connectivity index (χ1n) is 12.3. The monoisotopic (exact) mass is 510 g/mol. The van der Waals surface area contributed by atoms with Crippen molar-refractivity contribution >= 4 is 35.2 Å². The zero-order valence-electron chi connectivity index (χ0n) is 21.3. The van der Waals surface area contributed by atoms with E-state index in [9.17, 15) is 19.2 Å². The maximum atomic E-state index is 12.8. The number of aliphatic carboxylic acids is 1. The number of rotatable bonds is 9. The molecule has 10 nitrogen and oxygen atoms in total. The molecule has 1 heterocycles. The Bertz CT molecular complexity index is 1140. The van der Waals surface area contributed by atoms with Gasteiger partial charge in [0.25, 0.3) is 0 Å². The van der Waals surface area contributed by atoms with E-state index in [0.717, 1.165) is 16.8 Å². The molecular weight excluding hydrogens is 476 g/mol. The van der Waals surface area contributed by atoms with Gasteiger partial charge in [-0.3, -0.25) is 14.4 Å². The number of aryl methyl sites for hydroxylation is 2. The van der Waals surface area contributed by atoms with E-state index in [1.54, 1.807) is 15.9 Å². The molecule has 2 aromatic rings. The van der Waals surface area contributed by atoms with Gasteiger partial charge < -0.3 is 30.3 Å². The Balaban J connectivity index is 1.51. The number of carboxylic acid groups (broad SMARTS) is 1. The van der Waals surface area contributed by atoms with Gasteiger partial charge in [-0.05, 0) is 49.1 Å². The number of carbonyl (C=O) groups excluding carboxylic acids is 3. The lowest BCUT2D eigenvalue weighted by molar-refractivity contribution is -0.140. The van der Waals surface area contributed by atoms with Crippen LogP contribution in [0.4, 0.5) is 16.2 Å². The Kier molecular flexibility index (Phi) is 9.88. The molecule has 10 heteroatoms. The molecule has 0 atom stereocenters. The molecule has 4 amide bonds. The average Bonchev–Trinajstić information content (AvgIpc) is 3.14. The van der Waals surface area contributed by atoms with Crippen LogP contribution in [0.1, 0.15) is 36.8 Å². The summed E-state index contributed by atoms with van der Waals surface area (Å²) in [5.41, 5.74) is 3.08. The fraction of sp³-hybridized carbons (Fsp3) is 0.407. The van der Waals surface area contributed by atoms with E-state index >= 15 is 0 Å². The third-order valence-corrected chi connectivity index (χ3v) is 6.29. The molecule has 0 saturated carbocycles. The number of nitrogens with one attached hydrogen (secondary N) is 2. The third kappa shape index (κ3) is 8.23. The van der Waals surface area contributed by atoms with Gasteiger partial charge in [-0.15, -0.1) is 0 Å². The van der Waals surface area contributed by atoms with Crippen LogP contribution in [0.3, 0.4) is 0 Å². The lowest BCUT2D eigenvalue weighted by Crippen LogP contribution is -2.37. The first kappa shape index (κ1) is 27.5. The van der Waals surface area contributed by atoms with Gasteiger partial charge in [-0.2, -0.15) is 0 Å². The zero-order chi connectivity index (χ0) is 26.8. The maximum absolute atomic E-state index is 12.8. The van der Waals surface area contributed by atoms with Crippen molar-refractivity contribution in [3.05, 3.63) is 53.6 Å². The second-order valence-corrected chi connectivity index (χ2v) is 8.94. The predicted octanol–water partition coefficient (Wildman–Crippen LogP) is 3.51. The molecule has 1 fully saturated rings. The van der Waals surface area contributed by atoms with Crippen molar-refractivity contribution in [2.75, 3.05) is 43.9 Å². The van der Waals surface area contributed by atoms with E-state index in [1.807, 2.05) is 43.3 Å². The first-order valence-corrected chi connectivity index (χ1v) is 12.3. The molecule has 0 spiro atoms. The van der Waals surface area contributed by atoms with Gasteiger partial charge in [0.05, 0.1) is 19.2 Å². The van der Waals surface area contributed by atoms with Crippen LogP contribution in [0.2, 0.25) is 0 Å². The first-order chi connectivity index (χ1) is 17.8. The van der Waals surface area contributed by atoms with Gasteiger partial charge >= 0.3 is 12.0 Å². The number of urea groups is 1. The minimum absolute atomic E-state index is 0.00129. The highest BCUT2D eigenvalue weighted by atomic mass is 16.5. The van der Waals surface area contributed by atoms with Crippen molar-refractivity contribution in [2.45, 2.75) is 39.0 Å². The van der Waals surface area contributed by atoms with Crippen molar-refractivity contribution in [3.8, 4) is 5.75 Å². The molecule has 37 heavy (non-hydrogen) atoms. The number of methoxy groups -OCH3 is 1. The standard InChI is InChI=1S/C27H34N4O6/c1-19-6-3-4-7-21(19)28-27(36)29-22-10-8-20(18-23(22)37-2)9-11-24(32)30-14-5-15-31(17-16-30)25(33)12-13-26(34)35/h3-4,6-8,10,18H,5,9,11-17H2,1-2H3,(H,34,35)(H2,28,29,36). The van der Waals surface area contributed by atoms with Crippen molar-refractivity contribution in [1.29, 1.82) is 0 Å². The number of anilines is 2. The fourth-order valence-corrected chi connectivity index (χ4v) is 4.18. The normalized spacial score (nSPS) is 13.5. The number of hydrogen-bond donors (Lipinski definition) is 3. The Morgan fingerprint density at radius 3 is 2.16 bits per heavy atom. The molecule has 1 aliphatic heterocycles. The molecule has 3 N–H and O–H groups in total. The summed E-state index contributed by atoms with van der Waals surface area (Å²) in [4.78, 5) is 51.6. The number of ether oxygens (including phenoxy) is 1. The topological polar surface area (TPSA) is 128 Å². The van der Waals surface area contributed by atoms with Gasteiger partial charge in [0.2, 0.25) is 11.8 Å². The minimum Gasteiger partial charge on any atom is -0.495 e. The molecule has 0 aromatic heterocycles. The molecular formula is C27H34N4O6. The molecule has 1 aliphatic rings. The van der Waals surface area contributed by atoms with E-state index in [0.29, 0.717) is 56.9 Å². The predicted molar refractivity (Wildman–Crippen MR) is 140 cm³/mol. The smallest absolute Gasteiger partial charge is 0.323 e. The SMILES string of the molecule is COc1cc(CCC(=O)N2CCCN(C(=O)CCC(=O)O)CC2)ccc1NC(=O)Nc1ccccc1C. The van der Waals surface area contributed by atoms with E-state index in [-0.39, 0.29) is 30.7 Å². The van der Waals surface area contributed by atoms with Crippen LogP contribution in [0.5, 0.6) is 5.75 Å². The second kappa shape index (κ2) is 13.3. The Labute approximate surface area is 216 Å². The average molecular weight is 511 g/mol. The van der Waals surface area contributed by atoms with Crippen LogP contribution < -0.4 is 15.4 Å². The summed E-state index contributed by atoms with van der Waals surface area (Å²) in [6.45, 7) is 3.83. The summed E-state index contributed by atoms with van der Waals surface area (Å²) in [5.74, 6) is -0.690. The van der Waals surface area contributed by atoms with Gasteiger partial charge in [-0.1, -0.05) is 24.3 Å². The van der Waals surface area contributed by atoms with Crippen LogP contribution >= 0.6 is 0 Å². The van der Waals surface area contributed by atoms with E-state index in [2.05, 4.69) is 10.6 Å². The van der Waals surface area contributed by atoms with Crippen molar-refractivity contribution in [1.82, 2.24) is 9.80 Å². The van der Waals surface area contributed by atoms with E-state index in [4.69, 9.17) is 9.84 Å². The van der Waals surface area contributed by atoms with Crippen molar-refractivity contribution in [3.63, 3.8) is 0 Å². The quantitative estimate of drug-likeness (QED) is 0.474. The Morgan fingerprint density at radius 2 is 1.51 bits per heavy atom. The second-order valence-electron chi connectivity index (χ2n) is 8.94. The maximum Gasteiger partial charge on any atom is 0.323 e. The number of nitrogens with zero attached hydrogens (tertiary/aromatic N) is 2. The summed E-state index contributed by atoms with van der Waals surface area (Å²) in [5, 5.41) is 14.4. The molecule has 0 bridgehead atoms. The molecule has 1 saturated heterocycles. The number of hydrogen-bond acceptors (Lipinski definition) is 5. The third-order valence-electron chi connectivity index (χ3n) is 6.29. The summed E-state index contributed by atoms with van der Waals surface area (Å²) in [6, 6.07) is 12.5. The van der Waals surface area contributed by atoms with Gasteiger partial charge in [0.15, 0.2) is 0 Å². The number of benzene rings is 2. The highest BCUT2D eigenvalue weighted by Crippen LogP contribution is 2.27. The Hall–Kier alpha value is -4.08. The summed E-state index contributed by atoms with van der Waals surface area (Å²) in [6.07, 6.45) is 1.25. The molecule has 0 unspecified atom stereocenters. The van der Waals surface area contributed by atoms with E-state index < -0.39 is 5.97 Å². The zero-order valence-corrected chi connectivity index (χ0v) is 21.3. The number of carboxylic acids is 1. The van der Waals surface area contributed by atoms with Crippen molar-refractivity contribution < 1.29 is 29.0 Å². The van der Waals surface area contributed by atoms with Crippen LogP contribution in [-0.4, -0.2) is 72.0 Å². The lowest BCUT2D eigenvalue weighted by Gasteiger charge is -2.22. The summed E-state index contributed by atoms with van der Waals surface area (Å²) < 4.78 is 5.46. The highest BCUT2D eigenvalue weighted by Gasteiger charge is 2.22. The molecule has 3 rings (SSSR count). The fourth-order valence-electron chi connectivity index (χ4n) is 4.18. The van der Waals surface area contributed by atoms with Gasteiger partial charge in [0.1, 0.15) is 5.75 Å². The summed E-state index contributed by atoms with van der Waals surface area (Å²) >= 11 is 0. The van der Waals surface area contributed by atoms with Crippen molar-refractivity contribution in [2.24, 2.45) is 0 Å². The number of amides is 4. The number of carbonyl (C=O) groups is 4. The molecule has 0 aliphatic carbocycles. The lowest BCUT2D eigenvalue weighted by atomic mass is 10.1. The molecule has 198 valence electrons. The van der Waals surface area contributed by atoms with Crippen LogP contribution in [0.25, 0.3) is 0 Å². The van der Waals surface area contributed by atoms with Crippen LogP contribution in [0, 0.1) is 6.92 Å².